The Morgan fingerprint density at radius 1 is 1.59 bits per heavy atom. The first kappa shape index (κ1) is 13.5. The van der Waals surface area contributed by atoms with Crippen molar-refractivity contribution < 1.29 is 18.3 Å². The number of hydrogen-bond donors (Lipinski definition) is 1. The van der Waals surface area contributed by atoms with Crippen LogP contribution in [0.1, 0.15) is 42.0 Å². The second kappa shape index (κ2) is 5.67. The standard InChI is InChI=1S/C9H14F2N4O2/c1-3-5(4-17-2)15-7(8(10)11)6(9(12)16)13-14-15/h5,8H,3-4H2,1-2H3,(H2,12,16). The minimum absolute atomic E-state index is 0.206. The third-order valence-corrected chi connectivity index (χ3v) is 2.35. The molecule has 1 amide bonds. The number of alkyl halides is 2. The highest BCUT2D eigenvalue weighted by atomic mass is 19.3. The lowest BCUT2D eigenvalue weighted by Gasteiger charge is -2.16. The van der Waals surface area contributed by atoms with E-state index < -0.39 is 29.8 Å². The van der Waals surface area contributed by atoms with Gasteiger partial charge in [0.25, 0.3) is 12.3 Å². The van der Waals surface area contributed by atoms with Crippen LogP contribution in [0.25, 0.3) is 0 Å². The van der Waals surface area contributed by atoms with Gasteiger partial charge in [-0.05, 0) is 6.42 Å². The van der Waals surface area contributed by atoms with Crippen molar-refractivity contribution in [2.45, 2.75) is 25.8 Å². The topological polar surface area (TPSA) is 83.0 Å². The van der Waals surface area contributed by atoms with Gasteiger partial charge in [-0.2, -0.15) is 0 Å². The van der Waals surface area contributed by atoms with Gasteiger partial charge in [0.05, 0.1) is 12.6 Å². The molecular formula is C9H14F2N4O2. The van der Waals surface area contributed by atoms with Gasteiger partial charge in [-0.25, -0.2) is 13.5 Å². The van der Waals surface area contributed by atoms with Crippen molar-refractivity contribution >= 4 is 5.91 Å². The van der Waals surface area contributed by atoms with E-state index in [9.17, 15) is 13.6 Å². The van der Waals surface area contributed by atoms with E-state index in [1.165, 1.54) is 7.11 Å². The maximum atomic E-state index is 12.9. The van der Waals surface area contributed by atoms with Crippen molar-refractivity contribution in [3.8, 4) is 0 Å². The fourth-order valence-corrected chi connectivity index (χ4v) is 1.50. The molecule has 0 aliphatic carbocycles. The monoisotopic (exact) mass is 248 g/mol. The van der Waals surface area contributed by atoms with E-state index in [0.29, 0.717) is 6.42 Å². The highest BCUT2D eigenvalue weighted by Gasteiger charge is 2.28. The number of aromatic nitrogens is 3. The first-order valence-corrected chi connectivity index (χ1v) is 5.04. The number of carbonyl (C=O) groups excluding carboxylic acids is 1. The van der Waals surface area contributed by atoms with Gasteiger partial charge < -0.3 is 10.5 Å². The predicted molar refractivity (Wildman–Crippen MR) is 54.7 cm³/mol. The molecule has 8 heteroatoms. The summed E-state index contributed by atoms with van der Waals surface area (Å²) in [4.78, 5) is 11.0. The summed E-state index contributed by atoms with van der Waals surface area (Å²) < 4.78 is 31.7. The Morgan fingerprint density at radius 3 is 2.65 bits per heavy atom. The van der Waals surface area contributed by atoms with Gasteiger partial charge in [0.2, 0.25) is 0 Å². The van der Waals surface area contributed by atoms with Gasteiger partial charge in [0, 0.05) is 7.11 Å². The quantitative estimate of drug-likeness (QED) is 0.811. The summed E-state index contributed by atoms with van der Waals surface area (Å²) in [5.41, 5.74) is 3.92. The van der Waals surface area contributed by atoms with Gasteiger partial charge in [-0.3, -0.25) is 4.79 Å². The Kier molecular flexibility index (Phi) is 4.50. The molecule has 1 unspecified atom stereocenters. The van der Waals surface area contributed by atoms with Crippen LogP contribution >= 0.6 is 0 Å². The van der Waals surface area contributed by atoms with E-state index >= 15 is 0 Å². The summed E-state index contributed by atoms with van der Waals surface area (Å²) in [5, 5.41) is 6.95. The summed E-state index contributed by atoms with van der Waals surface area (Å²) in [5.74, 6) is -1.01. The molecule has 0 radical (unpaired) electrons. The number of halogens is 2. The van der Waals surface area contributed by atoms with E-state index in [1.54, 1.807) is 6.92 Å². The Morgan fingerprint density at radius 2 is 2.24 bits per heavy atom. The van der Waals surface area contributed by atoms with E-state index in [1.807, 2.05) is 0 Å². The molecule has 6 nitrogen and oxygen atoms in total. The van der Waals surface area contributed by atoms with Crippen LogP contribution in [-0.2, 0) is 4.74 Å². The lowest BCUT2D eigenvalue weighted by atomic mass is 10.2. The zero-order valence-corrected chi connectivity index (χ0v) is 9.56. The second-order valence-electron chi connectivity index (χ2n) is 3.45. The number of ether oxygens (including phenoxy) is 1. The molecule has 1 aromatic heterocycles. The van der Waals surface area contributed by atoms with E-state index in [0.717, 1.165) is 4.68 Å². The van der Waals surface area contributed by atoms with Crippen molar-refractivity contribution in [2.24, 2.45) is 5.73 Å². The van der Waals surface area contributed by atoms with Gasteiger partial charge in [0.15, 0.2) is 5.69 Å². The molecule has 17 heavy (non-hydrogen) atoms. The molecule has 0 spiro atoms. The summed E-state index contributed by atoms with van der Waals surface area (Å²) in [6.45, 7) is 2.00. The third-order valence-electron chi connectivity index (χ3n) is 2.35. The zero-order chi connectivity index (χ0) is 13.0. The second-order valence-corrected chi connectivity index (χ2v) is 3.45. The van der Waals surface area contributed by atoms with Crippen molar-refractivity contribution in [1.29, 1.82) is 0 Å². The molecule has 0 aromatic carbocycles. The molecule has 0 aliphatic rings. The largest absolute Gasteiger partial charge is 0.382 e. The molecule has 0 saturated heterocycles. The average molecular weight is 248 g/mol. The summed E-state index contributed by atoms with van der Waals surface area (Å²) in [6.07, 6.45) is -2.34. The number of primary amides is 1. The lowest BCUT2D eigenvalue weighted by molar-refractivity contribution is 0.0964. The molecule has 1 aromatic rings. The van der Waals surface area contributed by atoms with Crippen LogP contribution < -0.4 is 5.73 Å². The number of amides is 1. The number of carbonyl (C=O) groups is 1. The molecule has 1 heterocycles. The van der Waals surface area contributed by atoms with Gasteiger partial charge >= 0.3 is 0 Å². The lowest BCUT2D eigenvalue weighted by Crippen LogP contribution is -2.20. The summed E-state index contributed by atoms with van der Waals surface area (Å²) >= 11 is 0. The van der Waals surface area contributed by atoms with Crippen LogP contribution in [0.2, 0.25) is 0 Å². The highest BCUT2D eigenvalue weighted by Crippen LogP contribution is 2.25. The molecule has 0 saturated carbocycles. The molecule has 0 fully saturated rings. The average Bonchev–Trinajstić information content (AvgIpc) is 2.70. The maximum absolute atomic E-state index is 12.9. The fourth-order valence-electron chi connectivity index (χ4n) is 1.50. The summed E-state index contributed by atoms with van der Waals surface area (Å²) in [7, 11) is 1.45. The van der Waals surface area contributed by atoms with Crippen molar-refractivity contribution in [2.75, 3.05) is 13.7 Å². The van der Waals surface area contributed by atoms with Crippen LogP contribution in [0.15, 0.2) is 0 Å². The molecule has 1 atom stereocenters. The van der Waals surface area contributed by atoms with Crippen LogP contribution in [0.5, 0.6) is 0 Å². The number of methoxy groups -OCH3 is 1. The molecule has 0 aliphatic heterocycles. The normalized spacial score (nSPS) is 13.0. The van der Waals surface area contributed by atoms with Crippen molar-refractivity contribution in [1.82, 2.24) is 15.0 Å². The number of rotatable bonds is 6. The first-order chi connectivity index (χ1) is 8.02. The van der Waals surface area contributed by atoms with Gasteiger partial charge in [0.1, 0.15) is 5.69 Å². The highest BCUT2D eigenvalue weighted by molar-refractivity contribution is 5.91. The van der Waals surface area contributed by atoms with Gasteiger partial charge in [-0.15, -0.1) is 5.10 Å². The zero-order valence-electron chi connectivity index (χ0n) is 9.56. The minimum Gasteiger partial charge on any atom is -0.382 e. The van der Waals surface area contributed by atoms with Crippen molar-refractivity contribution in [3.63, 3.8) is 0 Å². The maximum Gasteiger partial charge on any atom is 0.282 e. The Labute approximate surface area is 96.7 Å². The molecule has 0 bridgehead atoms. The minimum atomic E-state index is -2.86. The molecular weight excluding hydrogens is 234 g/mol. The number of nitrogens with zero attached hydrogens (tertiary/aromatic N) is 3. The smallest absolute Gasteiger partial charge is 0.282 e. The first-order valence-electron chi connectivity index (χ1n) is 5.04. The molecule has 96 valence electrons. The molecule has 1 rings (SSSR count). The van der Waals surface area contributed by atoms with E-state index in [-0.39, 0.29) is 6.61 Å². The Balaban J connectivity index is 3.19. The van der Waals surface area contributed by atoms with Crippen LogP contribution in [-0.4, -0.2) is 34.6 Å². The third kappa shape index (κ3) is 2.76. The van der Waals surface area contributed by atoms with E-state index in [2.05, 4.69) is 10.3 Å². The van der Waals surface area contributed by atoms with Crippen LogP contribution in [0.3, 0.4) is 0 Å². The fraction of sp³-hybridized carbons (Fsp3) is 0.667. The Hall–Kier alpha value is -1.57. The SMILES string of the molecule is CCC(COC)n1nnc(C(N)=O)c1C(F)F. The molecule has 2 N–H and O–H groups in total. The summed E-state index contributed by atoms with van der Waals surface area (Å²) in [6, 6.07) is -0.399. The van der Waals surface area contributed by atoms with Crippen molar-refractivity contribution in [3.05, 3.63) is 11.4 Å². The van der Waals surface area contributed by atoms with E-state index in [4.69, 9.17) is 10.5 Å². The van der Waals surface area contributed by atoms with Crippen LogP contribution in [0.4, 0.5) is 8.78 Å². The Bertz CT molecular complexity index is 394. The number of hydrogen-bond acceptors (Lipinski definition) is 4. The van der Waals surface area contributed by atoms with Crippen LogP contribution in [0, 0.1) is 0 Å². The predicted octanol–water partition coefficient (Wildman–Crippen LogP) is 0.912. The number of nitrogens with two attached hydrogens (primary N) is 1. The van der Waals surface area contributed by atoms with Gasteiger partial charge in [-0.1, -0.05) is 12.1 Å².